The van der Waals surface area contributed by atoms with Crippen LogP contribution in [0.2, 0.25) is 0 Å². The second-order valence-electron chi connectivity index (χ2n) is 5.53. The number of hydrogen-bond acceptors (Lipinski definition) is 3. The van der Waals surface area contributed by atoms with E-state index in [1.165, 1.54) is 12.3 Å². The largest absolute Gasteiger partial charge is 0.444 e. The number of rotatable bonds is 2. The van der Waals surface area contributed by atoms with Crippen LogP contribution in [0.1, 0.15) is 38.7 Å². The van der Waals surface area contributed by atoms with E-state index >= 15 is 0 Å². The van der Waals surface area contributed by atoms with Crippen LogP contribution in [0.4, 0.5) is 9.18 Å². The van der Waals surface area contributed by atoms with E-state index in [9.17, 15) is 9.18 Å². The van der Waals surface area contributed by atoms with Crippen LogP contribution in [-0.2, 0) is 4.74 Å². The first kappa shape index (κ1) is 12.8. The van der Waals surface area contributed by atoms with Gasteiger partial charge in [-0.25, -0.2) is 9.18 Å². The third kappa shape index (κ3) is 3.42. The Morgan fingerprint density at radius 2 is 2.22 bits per heavy atom. The molecule has 1 N–H and O–H groups in total. The predicted octanol–water partition coefficient (Wildman–Crippen LogP) is 2.60. The molecule has 1 unspecified atom stereocenters. The van der Waals surface area contributed by atoms with Crippen LogP contribution in [0.15, 0.2) is 18.5 Å². The Labute approximate surface area is 106 Å². The topological polar surface area (TPSA) is 51.2 Å². The van der Waals surface area contributed by atoms with Crippen LogP contribution in [0.3, 0.4) is 0 Å². The Morgan fingerprint density at radius 3 is 2.83 bits per heavy atom. The van der Waals surface area contributed by atoms with Gasteiger partial charge >= 0.3 is 6.09 Å². The van der Waals surface area contributed by atoms with Gasteiger partial charge in [0.05, 0.1) is 6.20 Å². The van der Waals surface area contributed by atoms with Crippen molar-refractivity contribution in [1.29, 1.82) is 0 Å². The van der Waals surface area contributed by atoms with Gasteiger partial charge in [-0.15, -0.1) is 0 Å². The first-order valence-corrected chi connectivity index (χ1v) is 5.95. The summed E-state index contributed by atoms with van der Waals surface area (Å²) >= 11 is 0. The molecule has 0 radical (unpaired) electrons. The fraction of sp³-hybridized carbons (Fsp3) is 0.538. The summed E-state index contributed by atoms with van der Waals surface area (Å²) in [5.41, 5.74) is 0.311. The normalized spacial score (nSPS) is 22.4. The maximum atomic E-state index is 13.0. The second-order valence-corrected chi connectivity index (χ2v) is 5.53. The average Bonchev–Trinajstić information content (AvgIpc) is 2.93. The lowest BCUT2D eigenvalue weighted by molar-refractivity contribution is 0.0523. The second kappa shape index (κ2) is 4.55. The molecule has 0 bridgehead atoms. The molecule has 5 heteroatoms. The first-order valence-electron chi connectivity index (χ1n) is 5.95. The Hall–Kier alpha value is -1.65. The Morgan fingerprint density at radius 1 is 1.50 bits per heavy atom. The molecule has 1 heterocycles. The van der Waals surface area contributed by atoms with Gasteiger partial charge in [-0.05, 0) is 38.8 Å². The molecule has 0 aromatic carbocycles. The van der Waals surface area contributed by atoms with Crippen LogP contribution in [0.5, 0.6) is 0 Å². The van der Waals surface area contributed by atoms with Gasteiger partial charge in [-0.1, -0.05) is 0 Å². The number of nitrogens with zero attached hydrogens (tertiary/aromatic N) is 1. The first-order chi connectivity index (χ1) is 8.35. The van der Waals surface area contributed by atoms with Crippen LogP contribution in [0, 0.1) is 5.82 Å². The molecule has 0 spiro atoms. The van der Waals surface area contributed by atoms with Crippen molar-refractivity contribution in [3.63, 3.8) is 0 Å². The number of hydrogen-bond donors (Lipinski definition) is 1. The molecule has 1 aliphatic rings. The summed E-state index contributed by atoms with van der Waals surface area (Å²) < 4.78 is 18.1. The van der Waals surface area contributed by atoms with E-state index in [0.717, 1.165) is 12.0 Å². The lowest BCUT2D eigenvalue weighted by Gasteiger charge is -2.19. The number of alkyl carbamates (subject to hydrolysis) is 1. The van der Waals surface area contributed by atoms with E-state index in [1.807, 2.05) is 20.8 Å². The van der Waals surface area contributed by atoms with E-state index in [0.29, 0.717) is 0 Å². The molecule has 18 heavy (non-hydrogen) atoms. The van der Waals surface area contributed by atoms with Gasteiger partial charge in [-0.3, -0.25) is 4.98 Å². The van der Waals surface area contributed by atoms with Gasteiger partial charge in [0.15, 0.2) is 0 Å². The standard InChI is InChI=1S/C13H17FN2O2/c1-13(2,3)18-12(17)16-11-5-10(11)8-4-9(14)7-15-6-8/h4,6-7,10-11H,5H2,1-3H3,(H,16,17)/t10?,11-/m0/s1. The van der Waals surface area contributed by atoms with Crippen molar-refractivity contribution >= 4 is 6.09 Å². The van der Waals surface area contributed by atoms with Crippen molar-refractivity contribution in [2.24, 2.45) is 0 Å². The summed E-state index contributed by atoms with van der Waals surface area (Å²) in [4.78, 5) is 15.3. The molecule has 1 fully saturated rings. The number of carbonyl (C=O) groups is 1. The van der Waals surface area contributed by atoms with Crippen LogP contribution in [0.25, 0.3) is 0 Å². The van der Waals surface area contributed by atoms with E-state index in [2.05, 4.69) is 10.3 Å². The molecule has 4 nitrogen and oxygen atoms in total. The fourth-order valence-electron chi connectivity index (χ4n) is 1.81. The minimum absolute atomic E-state index is 0.0171. The van der Waals surface area contributed by atoms with Crippen LogP contribution in [-0.4, -0.2) is 22.7 Å². The molecule has 1 saturated carbocycles. The van der Waals surface area contributed by atoms with Gasteiger partial charge in [0.25, 0.3) is 0 Å². The SMILES string of the molecule is CC(C)(C)OC(=O)N[C@H]1CC1c1cncc(F)c1. The summed E-state index contributed by atoms with van der Waals surface area (Å²) in [7, 11) is 0. The predicted molar refractivity (Wildman–Crippen MR) is 64.7 cm³/mol. The lowest BCUT2D eigenvalue weighted by atomic mass is 10.2. The zero-order valence-electron chi connectivity index (χ0n) is 10.7. The molecule has 2 rings (SSSR count). The van der Waals surface area contributed by atoms with Crippen molar-refractivity contribution in [1.82, 2.24) is 10.3 Å². The number of halogens is 1. The van der Waals surface area contributed by atoms with Crippen molar-refractivity contribution < 1.29 is 13.9 Å². The summed E-state index contributed by atoms with van der Waals surface area (Å²) in [5.74, 6) is -0.212. The molecule has 0 saturated heterocycles. The van der Waals surface area contributed by atoms with Gasteiger partial charge in [-0.2, -0.15) is 0 Å². The van der Waals surface area contributed by atoms with E-state index in [-0.39, 0.29) is 17.8 Å². The van der Waals surface area contributed by atoms with E-state index in [1.54, 1.807) is 6.20 Å². The zero-order valence-corrected chi connectivity index (χ0v) is 10.7. The highest BCUT2D eigenvalue weighted by molar-refractivity contribution is 5.69. The molecule has 1 aliphatic carbocycles. The molecule has 0 aliphatic heterocycles. The van der Waals surface area contributed by atoms with Gasteiger partial charge in [0.2, 0.25) is 0 Å². The minimum atomic E-state index is -0.505. The quantitative estimate of drug-likeness (QED) is 0.880. The number of nitrogens with one attached hydrogen (secondary N) is 1. The molecule has 98 valence electrons. The third-order valence-corrected chi connectivity index (χ3v) is 2.65. The fourth-order valence-corrected chi connectivity index (χ4v) is 1.81. The molecule has 1 amide bonds. The lowest BCUT2D eigenvalue weighted by Crippen LogP contribution is -2.34. The number of aromatic nitrogens is 1. The maximum absolute atomic E-state index is 13.0. The summed E-state index contributed by atoms with van der Waals surface area (Å²) in [6.07, 6.45) is 3.16. The van der Waals surface area contributed by atoms with Crippen LogP contribution >= 0.6 is 0 Å². The molecule has 1 aromatic heterocycles. The molecule has 2 atom stereocenters. The zero-order chi connectivity index (χ0) is 13.3. The van der Waals surface area contributed by atoms with Gasteiger partial charge in [0.1, 0.15) is 11.4 Å². The number of pyridine rings is 1. The average molecular weight is 252 g/mol. The smallest absolute Gasteiger partial charge is 0.407 e. The Kier molecular flexibility index (Phi) is 3.24. The number of ether oxygens (including phenoxy) is 1. The molecular formula is C13H17FN2O2. The summed E-state index contributed by atoms with van der Waals surface area (Å²) in [6.45, 7) is 5.44. The van der Waals surface area contributed by atoms with Crippen molar-refractivity contribution in [3.8, 4) is 0 Å². The summed E-state index contributed by atoms with van der Waals surface area (Å²) in [5, 5.41) is 2.77. The molecule has 1 aromatic rings. The van der Waals surface area contributed by atoms with Crippen molar-refractivity contribution in [3.05, 3.63) is 29.8 Å². The maximum Gasteiger partial charge on any atom is 0.407 e. The van der Waals surface area contributed by atoms with Gasteiger partial charge in [0, 0.05) is 18.2 Å². The van der Waals surface area contributed by atoms with E-state index < -0.39 is 11.7 Å². The number of amides is 1. The summed E-state index contributed by atoms with van der Waals surface area (Å²) in [6, 6.07) is 1.47. The Bertz CT molecular complexity index is 457. The van der Waals surface area contributed by atoms with E-state index in [4.69, 9.17) is 4.74 Å². The Balaban J connectivity index is 1.87. The molecular weight excluding hydrogens is 235 g/mol. The highest BCUT2D eigenvalue weighted by atomic mass is 19.1. The van der Waals surface area contributed by atoms with Gasteiger partial charge < -0.3 is 10.1 Å². The van der Waals surface area contributed by atoms with Crippen molar-refractivity contribution in [2.45, 2.75) is 44.8 Å². The van der Waals surface area contributed by atoms with Crippen molar-refractivity contribution in [2.75, 3.05) is 0 Å². The highest BCUT2D eigenvalue weighted by Crippen LogP contribution is 2.40. The third-order valence-electron chi connectivity index (χ3n) is 2.65. The van der Waals surface area contributed by atoms with Crippen LogP contribution < -0.4 is 5.32 Å². The monoisotopic (exact) mass is 252 g/mol. The minimum Gasteiger partial charge on any atom is -0.444 e. The highest BCUT2D eigenvalue weighted by Gasteiger charge is 2.40. The number of carbonyl (C=O) groups excluding carboxylic acids is 1.